The van der Waals surface area contributed by atoms with E-state index in [2.05, 4.69) is 58.3 Å². The molecule has 0 bridgehead atoms. The number of nitrogens with zero attached hydrogens (tertiary/aromatic N) is 4. The number of pyridine rings is 1. The molecule has 3 aliphatic rings. The maximum atomic E-state index is 13.6. The first-order valence-electron chi connectivity index (χ1n) is 12.9. The molecule has 3 aliphatic heterocycles. The number of benzene rings is 3. The molecule has 0 radical (unpaired) electrons. The molecule has 5 nitrogen and oxygen atoms in total. The third-order valence-electron chi connectivity index (χ3n) is 8.27. The van der Waals surface area contributed by atoms with Crippen LogP contribution in [0.1, 0.15) is 24.0 Å². The molecule has 2 fully saturated rings. The van der Waals surface area contributed by atoms with Crippen LogP contribution in [-0.4, -0.2) is 54.6 Å². The van der Waals surface area contributed by atoms with E-state index in [1.54, 1.807) is 0 Å². The Hall–Kier alpha value is -3.44. The third kappa shape index (κ3) is 3.57. The van der Waals surface area contributed by atoms with Crippen molar-refractivity contribution in [2.75, 3.05) is 42.5 Å². The zero-order chi connectivity index (χ0) is 23.4. The molecule has 0 aliphatic carbocycles. The van der Waals surface area contributed by atoms with E-state index >= 15 is 0 Å². The van der Waals surface area contributed by atoms with Gasteiger partial charge < -0.3 is 9.80 Å². The number of hydrogen-bond acceptors (Lipinski definition) is 4. The quantitative estimate of drug-likeness (QED) is 0.438. The van der Waals surface area contributed by atoms with Gasteiger partial charge in [-0.1, -0.05) is 42.5 Å². The second kappa shape index (κ2) is 8.35. The summed E-state index contributed by atoms with van der Waals surface area (Å²) in [6.45, 7) is 5.26. The molecule has 5 heteroatoms. The first kappa shape index (κ1) is 20.9. The fourth-order valence-corrected chi connectivity index (χ4v) is 6.46. The highest BCUT2D eigenvalue weighted by molar-refractivity contribution is 6.03. The van der Waals surface area contributed by atoms with Crippen molar-refractivity contribution in [3.63, 3.8) is 0 Å². The van der Waals surface area contributed by atoms with Gasteiger partial charge in [-0.25, -0.2) is 0 Å². The van der Waals surface area contributed by atoms with Crippen LogP contribution in [0.25, 0.3) is 21.7 Å². The number of carbonyl (C=O) groups excluding carboxylic acids is 1. The lowest BCUT2D eigenvalue weighted by Crippen LogP contribution is -2.50. The number of amides is 1. The van der Waals surface area contributed by atoms with Gasteiger partial charge in [-0.05, 0) is 65.9 Å². The maximum absolute atomic E-state index is 13.6. The lowest BCUT2D eigenvalue weighted by Gasteiger charge is -2.39. The van der Waals surface area contributed by atoms with E-state index in [0.717, 1.165) is 49.4 Å². The van der Waals surface area contributed by atoms with Gasteiger partial charge >= 0.3 is 0 Å². The van der Waals surface area contributed by atoms with E-state index in [1.165, 1.54) is 46.8 Å². The van der Waals surface area contributed by atoms with Gasteiger partial charge in [0.05, 0.1) is 11.9 Å². The highest BCUT2D eigenvalue weighted by Gasteiger charge is 2.32. The lowest BCUT2D eigenvalue weighted by molar-refractivity contribution is -0.117. The summed E-state index contributed by atoms with van der Waals surface area (Å²) in [5.74, 6) is 0.171. The number of aromatic nitrogens is 1. The molecule has 0 spiro atoms. The lowest BCUT2D eigenvalue weighted by atomic mass is 10.0. The van der Waals surface area contributed by atoms with E-state index in [1.807, 2.05) is 23.2 Å². The van der Waals surface area contributed by atoms with Gasteiger partial charge in [-0.15, -0.1) is 0 Å². The largest absolute Gasteiger partial charge is 0.368 e. The normalized spacial score (nSPS) is 19.9. The summed E-state index contributed by atoms with van der Waals surface area (Å²) in [6, 6.07) is 21.9. The van der Waals surface area contributed by atoms with E-state index in [0.29, 0.717) is 12.5 Å². The average Bonchev–Trinajstić information content (AvgIpc) is 3.53. The highest BCUT2D eigenvalue weighted by atomic mass is 16.2. The Morgan fingerprint density at radius 2 is 1.83 bits per heavy atom. The van der Waals surface area contributed by atoms with Crippen LogP contribution in [0.2, 0.25) is 0 Å². The Labute approximate surface area is 206 Å². The Morgan fingerprint density at radius 1 is 0.914 bits per heavy atom. The Balaban J connectivity index is 1.22. The predicted molar refractivity (Wildman–Crippen MR) is 142 cm³/mol. The van der Waals surface area contributed by atoms with Crippen molar-refractivity contribution in [2.45, 2.75) is 31.7 Å². The molecular weight excluding hydrogens is 432 g/mol. The van der Waals surface area contributed by atoms with Crippen LogP contribution in [0.5, 0.6) is 0 Å². The molecule has 7 rings (SSSR count). The van der Waals surface area contributed by atoms with Crippen LogP contribution in [0.3, 0.4) is 0 Å². The number of carbonyl (C=O) groups is 1. The molecule has 1 atom stereocenters. The highest BCUT2D eigenvalue weighted by Crippen LogP contribution is 2.37. The van der Waals surface area contributed by atoms with E-state index in [-0.39, 0.29) is 5.91 Å². The van der Waals surface area contributed by atoms with Crippen LogP contribution >= 0.6 is 0 Å². The van der Waals surface area contributed by atoms with Gasteiger partial charge in [0, 0.05) is 55.2 Å². The van der Waals surface area contributed by atoms with E-state index in [4.69, 9.17) is 4.98 Å². The molecule has 1 aromatic heterocycles. The molecule has 2 saturated heterocycles. The number of hydrogen-bond donors (Lipinski definition) is 0. The Bertz CT molecular complexity index is 1440. The zero-order valence-electron chi connectivity index (χ0n) is 20.0. The minimum Gasteiger partial charge on any atom is -0.368 e. The summed E-state index contributed by atoms with van der Waals surface area (Å²) in [5, 5.41) is 3.52. The van der Waals surface area contributed by atoms with Crippen LogP contribution in [0.4, 0.5) is 11.4 Å². The maximum Gasteiger partial charge on any atom is 0.231 e. The van der Waals surface area contributed by atoms with Gasteiger partial charge in [-0.3, -0.25) is 14.7 Å². The molecule has 176 valence electrons. The summed E-state index contributed by atoms with van der Waals surface area (Å²) in [4.78, 5) is 25.5. The standard InChI is InChI=1S/C30H30N4O/c35-30(18-22-7-3-6-21-5-1-2-9-25(21)22)34-14-11-23-17-27-26(19-29(23)34)28(10-12-31-27)33-16-15-32-13-4-8-24(32)20-33/h1-3,5-7,9-10,12,17,19,24H,4,8,11,13-16,18,20H2/t24-/m0/s1. The number of anilines is 2. The van der Waals surface area contributed by atoms with Crippen LogP contribution in [-0.2, 0) is 17.6 Å². The van der Waals surface area contributed by atoms with Gasteiger partial charge in [0.1, 0.15) is 0 Å². The molecule has 35 heavy (non-hydrogen) atoms. The van der Waals surface area contributed by atoms with Crippen molar-refractivity contribution in [1.29, 1.82) is 0 Å². The average molecular weight is 463 g/mol. The van der Waals surface area contributed by atoms with E-state index in [9.17, 15) is 4.79 Å². The van der Waals surface area contributed by atoms with Crippen molar-refractivity contribution in [2.24, 2.45) is 0 Å². The third-order valence-corrected chi connectivity index (χ3v) is 8.27. The van der Waals surface area contributed by atoms with Gasteiger partial charge in [0.2, 0.25) is 5.91 Å². The summed E-state index contributed by atoms with van der Waals surface area (Å²) < 4.78 is 0. The number of piperazine rings is 1. The van der Waals surface area contributed by atoms with Crippen molar-refractivity contribution < 1.29 is 4.79 Å². The zero-order valence-corrected chi connectivity index (χ0v) is 20.0. The smallest absolute Gasteiger partial charge is 0.231 e. The number of fused-ring (bicyclic) bond motifs is 4. The molecule has 4 heterocycles. The molecular formula is C30H30N4O. The summed E-state index contributed by atoms with van der Waals surface area (Å²) in [5.41, 5.74) is 5.70. The topological polar surface area (TPSA) is 39.7 Å². The molecule has 0 N–H and O–H groups in total. The second-order valence-electron chi connectivity index (χ2n) is 10.2. The van der Waals surface area contributed by atoms with Crippen molar-refractivity contribution in [3.8, 4) is 0 Å². The minimum absolute atomic E-state index is 0.171. The van der Waals surface area contributed by atoms with Crippen LogP contribution in [0, 0.1) is 0 Å². The van der Waals surface area contributed by atoms with Crippen molar-refractivity contribution in [1.82, 2.24) is 9.88 Å². The molecule has 1 amide bonds. The fraction of sp³-hybridized carbons (Fsp3) is 0.333. The monoisotopic (exact) mass is 462 g/mol. The summed E-state index contributed by atoms with van der Waals surface area (Å²) in [7, 11) is 0. The first-order valence-corrected chi connectivity index (χ1v) is 12.9. The van der Waals surface area contributed by atoms with Crippen LogP contribution in [0.15, 0.2) is 66.9 Å². The van der Waals surface area contributed by atoms with Crippen LogP contribution < -0.4 is 9.80 Å². The fourth-order valence-electron chi connectivity index (χ4n) is 6.46. The SMILES string of the molecule is O=C(Cc1cccc2ccccc12)N1CCc2cc3nccc(N4CCN5CCC[C@H]5C4)c3cc21. The molecule has 3 aromatic carbocycles. The Morgan fingerprint density at radius 3 is 2.80 bits per heavy atom. The van der Waals surface area contributed by atoms with Gasteiger partial charge in [0.25, 0.3) is 0 Å². The minimum atomic E-state index is 0.171. The molecule has 4 aromatic rings. The van der Waals surface area contributed by atoms with Crippen molar-refractivity contribution in [3.05, 3.63) is 78.0 Å². The van der Waals surface area contributed by atoms with E-state index < -0.39 is 0 Å². The first-order chi connectivity index (χ1) is 17.2. The van der Waals surface area contributed by atoms with Gasteiger partial charge in [0.15, 0.2) is 0 Å². The second-order valence-corrected chi connectivity index (χ2v) is 10.2. The summed E-state index contributed by atoms with van der Waals surface area (Å²) >= 11 is 0. The van der Waals surface area contributed by atoms with Gasteiger partial charge in [-0.2, -0.15) is 0 Å². The predicted octanol–water partition coefficient (Wildman–Crippen LogP) is 4.80. The molecule has 0 unspecified atom stereocenters. The Kier molecular flexibility index (Phi) is 4.98. The summed E-state index contributed by atoms with van der Waals surface area (Å²) in [6.07, 6.45) is 5.87. The van der Waals surface area contributed by atoms with Crippen molar-refractivity contribution >= 4 is 39.0 Å². The number of rotatable bonds is 3. The molecule has 0 saturated carbocycles.